The van der Waals surface area contributed by atoms with Crippen LogP contribution in [0.25, 0.3) is 0 Å². The smallest absolute Gasteiger partial charge is 0.302 e. The average molecular weight is 381 g/mol. The fraction of sp³-hybridized carbons (Fsp3) is 0.600. The highest BCUT2D eigenvalue weighted by atomic mass is 16.5. The van der Waals surface area contributed by atoms with Crippen LogP contribution in [-0.2, 0) is 14.3 Å². The average Bonchev–Trinajstić information content (AvgIpc) is 2.90. The summed E-state index contributed by atoms with van der Waals surface area (Å²) < 4.78 is 5.29. The molecule has 0 bridgehead atoms. The molecule has 3 nitrogen and oxygen atoms in total. The van der Waals surface area contributed by atoms with E-state index >= 15 is 0 Å². The van der Waals surface area contributed by atoms with E-state index in [1.807, 2.05) is 6.08 Å². The van der Waals surface area contributed by atoms with E-state index in [9.17, 15) is 9.59 Å². The van der Waals surface area contributed by atoms with Crippen LogP contribution in [0.1, 0.15) is 53.4 Å². The lowest BCUT2D eigenvalue weighted by molar-refractivity contribution is -0.140. The zero-order chi connectivity index (χ0) is 20.3. The third kappa shape index (κ3) is 2.77. The fourth-order valence-corrected chi connectivity index (χ4v) is 7.04. The highest BCUT2D eigenvalue weighted by Crippen LogP contribution is 2.66. The summed E-state index contributed by atoms with van der Waals surface area (Å²) >= 11 is 0. The summed E-state index contributed by atoms with van der Waals surface area (Å²) in [6.45, 7) is 13.2. The first-order valence-electron chi connectivity index (χ1n) is 10.6. The molecule has 0 aromatic carbocycles. The lowest BCUT2D eigenvalue weighted by Crippen LogP contribution is -2.44. The SMILES string of the molecule is C=C(COC(C)=O)[C@H]1[C@H](C)CC2C3CCC4=CC(=O)C=C[C@]4(C)C3=CC[C@@]21C. The highest BCUT2D eigenvalue weighted by Gasteiger charge is 2.57. The summed E-state index contributed by atoms with van der Waals surface area (Å²) in [4.78, 5) is 23.2. The molecule has 2 saturated carbocycles. The number of hydrogen-bond acceptors (Lipinski definition) is 3. The Bertz CT molecular complexity index is 829. The Morgan fingerprint density at radius 1 is 1.36 bits per heavy atom. The van der Waals surface area contributed by atoms with Gasteiger partial charge < -0.3 is 4.74 Å². The Hall–Kier alpha value is -1.90. The maximum absolute atomic E-state index is 11.9. The van der Waals surface area contributed by atoms with Gasteiger partial charge in [-0.25, -0.2) is 0 Å². The molecule has 0 aromatic heterocycles. The van der Waals surface area contributed by atoms with Crippen LogP contribution in [0.3, 0.4) is 0 Å². The van der Waals surface area contributed by atoms with Crippen LogP contribution in [0.15, 0.2) is 47.6 Å². The molecule has 28 heavy (non-hydrogen) atoms. The summed E-state index contributed by atoms with van der Waals surface area (Å²) in [7, 11) is 0. The second-order valence-corrected chi connectivity index (χ2v) is 9.86. The number of allylic oxidation sites excluding steroid dienone is 6. The molecule has 0 aliphatic heterocycles. The van der Waals surface area contributed by atoms with Gasteiger partial charge in [-0.05, 0) is 79.4 Å². The molecule has 6 atom stereocenters. The Labute approximate surface area is 168 Å². The quantitative estimate of drug-likeness (QED) is 0.499. The minimum absolute atomic E-state index is 0.0891. The number of fused-ring (bicyclic) bond motifs is 5. The van der Waals surface area contributed by atoms with Crippen molar-refractivity contribution in [3.8, 4) is 0 Å². The molecule has 150 valence electrons. The first-order chi connectivity index (χ1) is 13.2. The van der Waals surface area contributed by atoms with Gasteiger partial charge in [0.2, 0.25) is 0 Å². The lowest BCUT2D eigenvalue weighted by Gasteiger charge is -2.52. The number of esters is 1. The zero-order valence-corrected chi connectivity index (χ0v) is 17.6. The van der Waals surface area contributed by atoms with E-state index in [0.29, 0.717) is 30.3 Å². The monoisotopic (exact) mass is 380 g/mol. The van der Waals surface area contributed by atoms with E-state index in [1.54, 1.807) is 6.08 Å². The van der Waals surface area contributed by atoms with Crippen molar-refractivity contribution in [1.29, 1.82) is 0 Å². The Balaban J connectivity index is 1.66. The van der Waals surface area contributed by atoms with Crippen LogP contribution in [-0.4, -0.2) is 18.4 Å². The van der Waals surface area contributed by atoms with Gasteiger partial charge in [0.05, 0.1) is 0 Å². The van der Waals surface area contributed by atoms with Crippen LogP contribution < -0.4 is 0 Å². The van der Waals surface area contributed by atoms with Gasteiger partial charge in [0.25, 0.3) is 0 Å². The van der Waals surface area contributed by atoms with Crippen LogP contribution in [0.4, 0.5) is 0 Å². The van der Waals surface area contributed by atoms with E-state index in [0.717, 1.165) is 24.8 Å². The second-order valence-electron chi connectivity index (χ2n) is 9.86. The van der Waals surface area contributed by atoms with Crippen molar-refractivity contribution in [1.82, 2.24) is 0 Å². The van der Waals surface area contributed by atoms with Gasteiger partial charge in [0.15, 0.2) is 5.78 Å². The van der Waals surface area contributed by atoms with Crippen molar-refractivity contribution in [2.24, 2.45) is 34.5 Å². The van der Waals surface area contributed by atoms with Crippen molar-refractivity contribution < 1.29 is 14.3 Å². The molecule has 0 amide bonds. The first kappa shape index (κ1) is 19.4. The van der Waals surface area contributed by atoms with E-state index < -0.39 is 0 Å². The molecular weight excluding hydrogens is 348 g/mol. The van der Waals surface area contributed by atoms with Gasteiger partial charge in [0.1, 0.15) is 6.61 Å². The molecule has 2 fully saturated rings. The summed E-state index contributed by atoms with van der Waals surface area (Å²) in [6, 6.07) is 0. The Morgan fingerprint density at radius 2 is 2.11 bits per heavy atom. The van der Waals surface area contributed by atoms with Crippen molar-refractivity contribution in [3.63, 3.8) is 0 Å². The molecule has 4 aliphatic rings. The molecule has 0 radical (unpaired) electrons. The molecular formula is C25H32O3. The molecule has 0 saturated heterocycles. The van der Waals surface area contributed by atoms with Crippen LogP contribution in [0.2, 0.25) is 0 Å². The number of hydrogen-bond donors (Lipinski definition) is 0. The predicted octanol–water partition coefficient (Wildman–Crippen LogP) is 5.20. The van der Waals surface area contributed by atoms with Gasteiger partial charge in [-0.15, -0.1) is 0 Å². The summed E-state index contributed by atoms with van der Waals surface area (Å²) in [5.41, 5.74) is 3.95. The molecule has 4 aliphatic carbocycles. The lowest BCUT2D eigenvalue weighted by atomic mass is 9.52. The van der Waals surface area contributed by atoms with E-state index in [2.05, 4.69) is 39.5 Å². The van der Waals surface area contributed by atoms with Crippen molar-refractivity contribution in [2.75, 3.05) is 6.61 Å². The topological polar surface area (TPSA) is 43.4 Å². The molecule has 0 aromatic rings. The van der Waals surface area contributed by atoms with Gasteiger partial charge in [-0.1, -0.05) is 43.7 Å². The molecule has 3 heteroatoms. The number of carbonyl (C=O) groups excluding carboxylic acids is 2. The largest absolute Gasteiger partial charge is 0.461 e. The minimum atomic E-state index is -0.238. The maximum Gasteiger partial charge on any atom is 0.302 e. The van der Waals surface area contributed by atoms with Gasteiger partial charge in [0, 0.05) is 12.3 Å². The maximum atomic E-state index is 11.9. The Morgan fingerprint density at radius 3 is 2.82 bits per heavy atom. The third-order valence-electron chi connectivity index (χ3n) is 8.19. The number of ketones is 1. The summed E-state index contributed by atoms with van der Waals surface area (Å²) in [5.74, 6) is 1.99. The van der Waals surface area contributed by atoms with Crippen LogP contribution >= 0.6 is 0 Å². The first-order valence-corrected chi connectivity index (χ1v) is 10.6. The highest BCUT2D eigenvalue weighted by molar-refractivity contribution is 6.01. The number of rotatable bonds is 3. The predicted molar refractivity (Wildman–Crippen MR) is 110 cm³/mol. The number of carbonyl (C=O) groups is 2. The Kier molecular flexibility index (Phi) is 4.56. The second kappa shape index (κ2) is 6.57. The zero-order valence-electron chi connectivity index (χ0n) is 17.6. The molecule has 2 unspecified atom stereocenters. The van der Waals surface area contributed by atoms with E-state index in [4.69, 9.17) is 4.74 Å². The summed E-state index contributed by atoms with van der Waals surface area (Å²) in [5, 5.41) is 0. The van der Waals surface area contributed by atoms with E-state index in [-0.39, 0.29) is 22.6 Å². The van der Waals surface area contributed by atoms with Crippen molar-refractivity contribution in [3.05, 3.63) is 47.6 Å². The number of ether oxygens (including phenoxy) is 1. The van der Waals surface area contributed by atoms with Crippen molar-refractivity contribution >= 4 is 11.8 Å². The van der Waals surface area contributed by atoms with Crippen molar-refractivity contribution in [2.45, 2.75) is 53.4 Å². The van der Waals surface area contributed by atoms with E-state index in [1.165, 1.54) is 24.5 Å². The molecule has 0 N–H and O–H groups in total. The van der Waals surface area contributed by atoms with Crippen LogP contribution in [0, 0.1) is 34.5 Å². The van der Waals surface area contributed by atoms with Gasteiger partial charge >= 0.3 is 5.97 Å². The molecule has 0 heterocycles. The standard InChI is InChI=1S/C25H32O3/c1-15-12-22-20-7-6-18-13-19(27)8-10-24(18,4)21(20)9-11-25(22,5)23(15)16(2)14-28-17(3)26/h8-10,13,15,20,22-23H,2,6-7,11-12,14H2,1,3-5H3/t15-,20?,22?,23-,24+,25+/m1/s1. The normalized spacial score (nSPS) is 41.4. The molecule has 0 spiro atoms. The van der Waals surface area contributed by atoms with Crippen LogP contribution in [0.5, 0.6) is 0 Å². The minimum Gasteiger partial charge on any atom is -0.461 e. The summed E-state index contributed by atoms with van der Waals surface area (Å²) in [6.07, 6.45) is 12.6. The third-order valence-corrected chi connectivity index (χ3v) is 8.19. The molecule has 4 rings (SSSR count). The fourth-order valence-electron chi connectivity index (χ4n) is 7.04. The van der Waals surface area contributed by atoms with Gasteiger partial charge in [-0.3, -0.25) is 9.59 Å². The van der Waals surface area contributed by atoms with Gasteiger partial charge in [-0.2, -0.15) is 0 Å².